The number of aliphatic hydroxyl groups is 6. The lowest BCUT2D eigenvalue weighted by Crippen LogP contribution is -2.63. The summed E-state index contributed by atoms with van der Waals surface area (Å²) in [7, 11) is 0. The van der Waals surface area contributed by atoms with Crippen LogP contribution in [0.25, 0.3) is 0 Å². The van der Waals surface area contributed by atoms with Gasteiger partial charge in [-0.25, -0.2) is 0 Å². The van der Waals surface area contributed by atoms with E-state index in [9.17, 15) is 30.6 Å². The van der Waals surface area contributed by atoms with Gasteiger partial charge in [0.15, 0.2) is 5.79 Å². The maximum absolute atomic E-state index is 12.4. The van der Waals surface area contributed by atoms with Crippen molar-refractivity contribution in [2.24, 2.45) is 23.7 Å². The third kappa shape index (κ3) is 10.5. The third-order valence-electron chi connectivity index (χ3n) is 20.6. The van der Waals surface area contributed by atoms with Gasteiger partial charge in [0.1, 0.15) is 54.4 Å². The molecule has 13 aliphatic heterocycles. The van der Waals surface area contributed by atoms with Crippen LogP contribution in [0.15, 0.2) is 60.8 Å². The lowest BCUT2D eigenvalue weighted by atomic mass is 9.75. The predicted molar refractivity (Wildman–Crippen MR) is 279 cm³/mol. The van der Waals surface area contributed by atoms with Crippen LogP contribution < -0.4 is 0 Å². The number of fused-ring (bicyclic) bond motifs is 11. The van der Waals surface area contributed by atoms with Gasteiger partial charge in [-0.15, -0.1) is 0 Å². The predicted octanol–water partition coefficient (Wildman–Crippen LogP) is 2.97. The molecule has 13 rings (SSSR count). The molecule has 0 bridgehead atoms. The lowest BCUT2D eigenvalue weighted by molar-refractivity contribution is -0.339. The number of hydrogen-bond donors (Lipinski definition) is 6. The molecule has 33 atom stereocenters. The smallest absolute Gasteiger partial charge is 0.174 e. The van der Waals surface area contributed by atoms with Crippen LogP contribution in [0.2, 0.25) is 0 Å². The Morgan fingerprint density at radius 3 is 1.91 bits per heavy atom. The number of hydrogen-bond acceptors (Lipinski definition) is 19. The van der Waals surface area contributed by atoms with Crippen molar-refractivity contribution in [3.63, 3.8) is 0 Å². The Kier molecular flexibility index (Phi) is 15.9. The fraction of sp³-hybridized carbons (Fsp3) is 0.833. The largest absolute Gasteiger partial charge is 0.393 e. The average molecular weight is 1110 g/mol. The van der Waals surface area contributed by atoms with E-state index in [1.807, 2.05) is 50.3 Å². The highest BCUT2D eigenvalue weighted by Crippen LogP contribution is 2.52. The van der Waals surface area contributed by atoms with E-state index >= 15 is 0 Å². The molecule has 13 heterocycles. The van der Waals surface area contributed by atoms with E-state index in [2.05, 4.69) is 32.9 Å². The van der Waals surface area contributed by atoms with Crippen molar-refractivity contribution in [2.75, 3.05) is 13.2 Å². The van der Waals surface area contributed by atoms with E-state index in [1.165, 1.54) is 6.08 Å². The highest BCUT2D eigenvalue weighted by Gasteiger charge is 2.63. The molecule has 13 aliphatic rings. The standard InChI is InChI=1S/C60H86O19/c1-28-19-42-44(22-48-54(76-42)30(3)52(65)58-55(77-48)29(2)31(4)60(79-58)25-33(63)27-67-60)73-46-24-51-59(5,78-47(46)20-28)50(64)23-45-36(74-51)11-7-6-10-35-37(71-45)15-16-39-38(69-35)17-18-40-43(70-39)21-49-57(75-40)53(66)56-41(72-49)12-8-9-34(68-56)14-13-32(62)26-61/h6-9,13-18,28-58,61-66H,10-12,19-27H2,1-5H3/b7-6-,14-13+/t28-,29+,30+,31+,32+,33+,34-,35-,36+,37+,38+,39-,40-,41+,42+,43+,44-,45-,46+,47-,48+,49-,50-,51-,52?,53-,54-,55-,56+,57-,58+,59+,60?/m1/s1. The summed E-state index contributed by atoms with van der Waals surface area (Å²) in [4.78, 5) is 0. The number of ether oxygens (including phenoxy) is 13. The molecule has 0 aromatic heterocycles. The van der Waals surface area contributed by atoms with Gasteiger partial charge in [0.25, 0.3) is 0 Å². The summed E-state index contributed by atoms with van der Waals surface area (Å²) in [5.41, 5.74) is -1.04. The fourth-order valence-electron chi connectivity index (χ4n) is 15.9. The van der Waals surface area contributed by atoms with E-state index in [-0.39, 0.29) is 79.1 Å². The molecule has 9 saturated heterocycles. The van der Waals surface area contributed by atoms with Crippen LogP contribution in [-0.2, 0) is 61.6 Å². The maximum atomic E-state index is 12.4. The Morgan fingerprint density at radius 1 is 0.519 bits per heavy atom. The van der Waals surface area contributed by atoms with Crippen molar-refractivity contribution in [1.29, 1.82) is 0 Å². The minimum absolute atomic E-state index is 0.0318. The summed E-state index contributed by atoms with van der Waals surface area (Å²) in [6.07, 6.45) is 10.5. The highest BCUT2D eigenvalue weighted by atomic mass is 16.7. The maximum Gasteiger partial charge on any atom is 0.174 e. The Hall–Kier alpha value is -2.06. The second-order valence-corrected chi connectivity index (χ2v) is 25.9. The Morgan fingerprint density at radius 2 is 1.14 bits per heavy atom. The zero-order valence-corrected chi connectivity index (χ0v) is 46.1. The topological polar surface area (TPSA) is 241 Å². The van der Waals surface area contributed by atoms with Crippen LogP contribution in [0.1, 0.15) is 98.8 Å². The normalized spacial score (nSPS) is 56.8. The van der Waals surface area contributed by atoms with Crippen molar-refractivity contribution >= 4 is 0 Å². The Bertz CT molecular complexity index is 2300. The van der Waals surface area contributed by atoms with Crippen LogP contribution in [0.4, 0.5) is 0 Å². The van der Waals surface area contributed by atoms with Crippen molar-refractivity contribution in [1.82, 2.24) is 0 Å². The molecular weight excluding hydrogens is 1020 g/mol. The summed E-state index contributed by atoms with van der Waals surface area (Å²) < 4.78 is 89.0. The van der Waals surface area contributed by atoms with E-state index in [1.54, 1.807) is 6.08 Å². The molecule has 6 N–H and O–H groups in total. The van der Waals surface area contributed by atoms with E-state index in [0.29, 0.717) is 57.8 Å². The van der Waals surface area contributed by atoms with Crippen molar-refractivity contribution in [3.05, 3.63) is 60.8 Å². The molecule has 0 saturated carbocycles. The van der Waals surface area contributed by atoms with Gasteiger partial charge in [-0.1, -0.05) is 88.5 Å². The molecule has 0 amide bonds. The van der Waals surface area contributed by atoms with Crippen LogP contribution in [0, 0.1) is 23.7 Å². The first kappa shape index (κ1) is 56.1. The summed E-state index contributed by atoms with van der Waals surface area (Å²) in [6.45, 7) is 10.3. The van der Waals surface area contributed by atoms with Crippen LogP contribution in [-0.4, -0.2) is 220 Å². The highest BCUT2D eigenvalue weighted by molar-refractivity contribution is 5.18. The molecule has 0 aromatic carbocycles. The van der Waals surface area contributed by atoms with Gasteiger partial charge in [0.2, 0.25) is 0 Å². The molecule has 79 heavy (non-hydrogen) atoms. The minimum Gasteiger partial charge on any atom is -0.393 e. The zero-order chi connectivity index (χ0) is 54.6. The van der Waals surface area contributed by atoms with E-state index in [0.717, 1.165) is 6.42 Å². The first-order valence-corrected chi connectivity index (χ1v) is 30.0. The molecule has 440 valence electrons. The van der Waals surface area contributed by atoms with Crippen LogP contribution in [0.5, 0.6) is 0 Å². The van der Waals surface area contributed by atoms with Gasteiger partial charge in [-0.05, 0) is 50.9 Å². The zero-order valence-electron chi connectivity index (χ0n) is 46.1. The first-order chi connectivity index (χ1) is 38.0. The molecule has 9 fully saturated rings. The van der Waals surface area contributed by atoms with Crippen LogP contribution >= 0.6 is 0 Å². The second-order valence-electron chi connectivity index (χ2n) is 25.9. The minimum atomic E-state index is -1.04. The van der Waals surface area contributed by atoms with Gasteiger partial charge in [-0.2, -0.15) is 0 Å². The monoisotopic (exact) mass is 1110 g/mol. The van der Waals surface area contributed by atoms with Gasteiger partial charge in [0, 0.05) is 43.9 Å². The summed E-state index contributed by atoms with van der Waals surface area (Å²) in [5, 5.41) is 65.9. The Balaban J connectivity index is 0.677. The SMILES string of the molecule is C[C@@H]1C[C@@H]2O[C@H]3[C@H](C[C@H]2O[C@H]2C[C@H]4O[C@H]5C/C=C\C[C@H]6O[C@H]7C=C[C@H]8O[C@H]9[C@H](O)[C@H]%10O[C@@H](/C=C/[C@H](O)CO)C=CC[C@@H]%10O[C@@H]9C[C@@H]8O[C@@H]7C=C[C@@H]6O[C@@H]5C[C@@H](O)[C@]4(C)O[C@@H]2C1)O[C@@H]1[C@@H](C)[C@H](C)C2(C[C@H](O)CO2)O[C@H]1C(O)[C@@H]3C. The summed E-state index contributed by atoms with van der Waals surface area (Å²) >= 11 is 0. The van der Waals surface area contributed by atoms with Gasteiger partial charge >= 0.3 is 0 Å². The number of aliphatic hydroxyl groups excluding tert-OH is 6. The third-order valence-corrected chi connectivity index (χ3v) is 20.6. The van der Waals surface area contributed by atoms with Crippen molar-refractivity contribution in [2.45, 2.75) is 275 Å². The lowest BCUT2D eigenvalue weighted by Gasteiger charge is -2.53. The van der Waals surface area contributed by atoms with Gasteiger partial charge in [0.05, 0.1) is 129 Å². The molecule has 19 heteroatoms. The quantitative estimate of drug-likeness (QED) is 0.223. The molecule has 2 unspecified atom stereocenters. The fourth-order valence-corrected chi connectivity index (χ4v) is 15.9. The second kappa shape index (κ2) is 22.4. The molecule has 0 radical (unpaired) electrons. The first-order valence-electron chi connectivity index (χ1n) is 30.0. The Labute approximate surface area is 463 Å². The van der Waals surface area contributed by atoms with Crippen molar-refractivity contribution in [3.8, 4) is 0 Å². The van der Waals surface area contributed by atoms with Crippen molar-refractivity contribution < 1.29 is 92.2 Å². The average Bonchev–Trinajstić information content (AvgIpc) is 3.66. The van der Waals surface area contributed by atoms with Crippen LogP contribution in [0.3, 0.4) is 0 Å². The number of rotatable bonds is 3. The molecule has 0 aromatic rings. The van der Waals surface area contributed by atoms with E-state index < -0.39 is 134 Å². The summed E-state index contributed by atoms with van der Waals surface area (Å²) in [6, 6.07) is 0. The molecule has 1 spiro atoms. The molecule has 0 aliphatic carbocycles. The van der Waals surface area contributed by atoms with Gasteiger partial charge in [-0.3, -0.25) is 0 Å². The van der Waals surface area contributed by atoms with E-state index in [4.69, 9.17) is 61.6 Å². The molecule has 19 nitrogen and oxygen atoms in total. The van der Waals surface area contributed by atoms with Gasteiger partial charge < -0.3 is 92.2 Å². The molecular formula is C60H86O19. The summed E-state index contributed by atoms with van der Waals surface area (Å²) in [5.74, 6) is -1.19.